The maximum atomic E-state index is 13.7. The molecular weight excluding hydrogens is 620 g/mol. The molecule has 3 saturated carbocycles. The first-order valence-corrected chi connectivity index (χ1v) is 15.9. The third-order valence-corrected chi connectivity index (χ3v) is 12.4. The molecule has 5 fully saturated rings. The van der Waals surface area contributed by atoms with Gasteiger partial charge in [0.1, 0.15) is 41.7 Å². The lowest BCUT2D eigenvalue weighted by Crippen LogP contribution is -2.66. The van der Waals surface area contributed by atoms with E-state index >= 15 is 0 Å². The zero-order chi connectivity index (χ0) is 34.1. The number of Topliss-reactive ketones (excluding diaryl/α,β-unsaturated/α-hetero) is 1. The van der Waals surface area contributed by atoms with Gasteiger partial charge in [-0.3, -0.25) is 4.79 Å². The van der Waals surface area contributed by atoms with Gasteiger partial charge in [0.25, 0.3) is 0 Å². The largest absolute Gasteiger partial charge is 0.454 e. The zero-order valence-electron chi connectivity index (χ0n) is 26.2. The molecule has 6 aliphatic rings. The van der Waals surface area contributed by atoms with Gasteiger partial charge in [-0.25, -0.2) is 4.79 Å². The van der Waals surface area contributed by atoms with E-state index in [1.165, 1.54) is 13.0 Å². The number of rotatable bonds is 7. The van der Waals surface area contributed by atoms with E-state index < -0.39 is 126 Å². The van der Waals surface area contributed by atoms with E-state index in [1.54, 1.807) is 44.2 Å². The van der Waals surface area contributed by atoms with Crippen LogP contribution in [0.15, 0.2) is 42.0 Å². The number of aliphatic hydroxyl groups is 8. The summed E-state index contributed by atoms with van der Waals surface area (Å²) in [7, 11) is 0. The number of epoxide rings is 1. The molecule has 0 bridgehead atoms. The van der Waals surface area contributed by atoms with Gasteiger partial charge in [0.15, 0.2) is 17.7 Å². The van der Waals surface area contributed by atoms with E-state index in [-0.39, 0.29) is 17.6 Å². The van der Waals surface area contributed by atoms with Gasteiger partial charge in [0.05, 0.1) is 37.1 Å². The van der Waals surface area contributed by atoms with Crippen molar-refractivity contribution in [1.29, 1.82) is 0 Å². The molecule has 0 aromatic heterocycles. The number of aliphatic hydroxyl groups excluding tert-OH is 6. The van der Waals surface area contributed by atoms with Gasteiger partial charge in [0, 0.05) is 23.2 Å². The lowest BCUT2D eigenvalue weighted by atomic mass is 9.59. The van der Waals surface area contributed by atoms with Crippen LogP contribution in [0.1, 0.15) is 37.6 Å². The summed E-state index contributed by atoms with van der Waals surface area (Å²) in [4.78, 5) is 27.1. The van der Waals surface area contributed by atoms with E-state index in [0.29, 0.717) is 0 Å². The summed E-state index contributed by atoms with van der Waals surface area (Å²) < 4.78 is 23.8. The Hall–Kier alpha value is -2.34. The van der Waals surface area contributed by atoms with Crippen LogP contribution in [0, 0.1) is 29.1 Å². The number of hydrogen-bond acceptors (Lipinski definition) is 14. The molecule has 258 valence electrons. The number of carbonyl (C=O) groups excluding carboxylic acids is 2. The molecule has 14 nitrogen and oxygen atoms in total. The minimum atomic E-state index is -2.57. The Labute approximate surface area is 270 Å². The summed E-state index contributed by atoms with van der Waals surface area (Å²) in [6.45, 7) is 3.13. The van der Waals surface area contributed by atoms with Crippen molar-refractivity contribution in [2.75, 3.05) is 19.8 Å². The Kier molecular flexibility index (Phi) is 7.47. The van der Waals surface area contributed by atoms with Crippen molar-refractivity contribution >= 4 is 11.8 Å². The van der Waals surface area contributed by atoms with Gasteiger partial charge < -0.3 is 59.8 Å². The van der Waals surface area contributed by atoms with Crippen molar-refractivity contribution in [3.05, 3.63) is 47.5 Å². The van der Waals surface area contributed by atoms with Crippen molar-refractivity contribution in [1.82, 2.24) is 0 Å². The second-order valence-electron chi connectivity index (χ2n) is 14.6. The summed E-state index contributed by atoms with van der Waals surface area (Å²) in [5.41, 5.74) is -8.32. The summed E-state index contributed by atoms with van der Waals surface area (Å²) in [6.07, 6.45) is -9.65. The fraction of sp³-hybridized carbons (Fsp3) is 0.697. The number of benzene rings is 1. The van der Waals surface area contributed by atoms with Crippen LogP contribution in [0.4, 0.5) is 0 Å². The highest BCUT2D eigenvalue weighted by atomic mass is 16.7. The predicted molar refractivity (Wildman–Crippen MR) is 156 cm³/mol. The van der Waals surface area contributed by atoms with Crippen molar-refractivity contribution in [2.45, 2.75) is 92.5 Å². The number of fused-ring (bicyclic) bond motifs is 7. The van der Waals surface area contributed by atoms with Crippen LogP contribution in [0.5, 0.6) is 0 Å². The smallest absolute Gasteiger partial charge is 0.338 e. The highest BCUT2D eigenvalue weighted by Crippen LogP contribution is 2.79. The lowest BCUT2D eigenvalue weighted by molar-refractivity contribution is -0.306. The Bertz CT molecular complexity index is 1480. The van der Waals surface area contributed by atoms with Gasteiger partial charge in [-0.15, -0.1) is 0 Å². The first-order chi connectivity index (χ1) is 22.1. The summed E-state index contributed by atoms with van der Waals surface area (Å²) in [6, 6.07) is 8.32. The molecule has 0 radical (unpaired) electrons. The molecule has 0 amide bonds. The van der Waals surface area contributed by atoms with Gasteiger partial charge in [0.2, 0.25) is 0 Å². The third kappa shape index (κ3) is 4.06. The minimum Gasteiger partial charge on any atom is -0.454 e. The topological polar surface area (TPSA) is 236 Å². The second-order valence-corrected chi connectivity index (χ2v) is 14.6. The maximum absolute atomic E-state index is 13.7. The van der Waals surface area contributed by atoms with Crippen molar-refractivity contribution in [3.8, 4) is 0 Å². The summed E-state index contributed by atoms with van der Waals surface area (Å²) in [5, 5.41) is 88.5. The lowest BCUT2D eigenvalue weighted by Gasteiger charge is -2.51. The van der Waals surface area contributed by atoms with Crippen LogP contribution in [0.2, 0.25) is 0 Å². The Balaban J connectivity index is 1.29. The quantitative estimate of drug-likeness (QED) is 0.114. The molecule has 2 heterocycles. The zero-order valence-corrected chi connectivity index (χ0v) is 26.2. The number of hydrogen-bond donors (Lipinski definition) is 8. The van der Waals surface area contributed by atoms with Crippen LogP contribution in [0.25, 0.3) is 0 Å². The SMILES string of the molecule is CC1=CC2C(O)(C1=O)C(O)C1(CO[C@@H]3O[C@H](CO)[C@@H](O)[C@H](O)[C@H]3O)OC1C1C3C(C)(CO)C3(OC(=O)c3ccccc3)CC(C)C12O. The molecule has 16 atom stereocenters. The molecule has 14 heteroatoms. The highest BCUT2D eigenvalue weighted by Gasteiger charge is 2.91. The Morgan fingerprint density at radius 1 is 1.04 bits per heavy atom. The van der Waals surface area contributed by atoms with Crippen LogP contribution >= 0.6 is 0 Å². The van der Waals surface area contributed by atoms with Gasteiger partial charge in [-0.05, 0) is 37.0 Å². The van der Waals surface area contributed by atoms with Crippen molar-refractivity contribution in [3.63, 3.8) is 0 Å². The first kappa shape index (κ1) is 33.2. The third-order valence-electron chi connectivity index (χ3n) is 12.4. The van der Waals surface area contributed by atoms with Crippen LogP contribution in [0.3, 0.4) is 0 Å². The highest BCUT2D eigenvalue weighted by molar-refractivity contribution is 6.05. The molecule has 1 aromatic rings. The average Bonchev–Trinajstić information content (AvgIpc) is 3.89. The molecule has 8 N–H and O–H groups in total. The number of esters is 1. The van der Waals surface area contributed by atoms with Gasteiger partial charge in [-0.1, -0.05) is 38.1 Å². The van der Waals surface area contributed by atoms with Crippen LogP contribution in [-0.2, 0) is 23.7 Å². The first-order valence-electron chi connectivity index (χ1n) is 15.9. The van der Waals surface area contributed by atoms with Crippen molar-refractivity contribution in [2.24, 2.45) is 29.1 Å². The normalized spacial score (nSPS) is 52.7. The van der Waals surface area contributed by atoms with E-state index in [2.05, 4.69) is 0 Å². The number of ketones is 1. The fourth-order valence-corrected chi connectivity index (χ4v) is 9.68. The minimum absolute atomic E-state index is 0.0745. The molecule has 4 aliphatic carbocycles. The average molecular weight is 663 g/mol. The van der Waals surface area contributed by atoms with E-state index in [0.717, 1.165) is 0 Å². The molecule has 47 heavy (non-hydrogen) atoms. The molecule has 1 aromatic carbocycles. The Morgan fingerprint density at radius 2 is 1.72 bits per heavy atom. The van der Waals surface area contributed by atoms with Gasteiger partial charge >= 0.3 is 5.97 Å². The van der Waals surface area contributed by atoms with E-state index in [4.69, 9.17) is 18.9 Å². The number of ether oxygens (including phenoxy) is 4. The Morgan fingerprint density at radius 3 is 2.36 bits per heavy atom. The van der Waals surface area contributed by atoms with Crippen LogP contribution in [-0.4, -0.2) is 138 Å². The summed E-state index contributed by atoms with van der Waals surface area (Å²) >= 11 is 0. The molecule has 0 spiro atoms. The second kappa shape index (κ2) is 10.6. The molecular formula is C33H42O14. The monoisotopic (exact) mass is 662 g/mol. The molecule has 2 saturated heterocycles. The molecule has 7 rings (SSSR count). The molecule has 11 unspecified atom stereocenters. The van der Waals surface area contributed by atoms with Crippen molar-refractivity contribution < 1.29 is 69.4 Å². The maximum Gasteiger partial charge on any atom is 0.338 e. The fourth-order valence-electron chi connectivity index (χ4n) is 9.68. The van der Waals surface area contributed by atoms with Crippen LogP contribution < -0.4 is 0 Å². The molecule has 2 aliphatic heterocycles. The standard InChI is InChI=1S/C33H42O14/c1-14-9-18-32(42)15(2)10-31(47-26(40)16-7-5-4-6-8-16)23(29(31,3)12-35)19(32)25-30(46-25,28(41)33(18,43)24(14)39)13-44-27-22(38)21(37)20(36)17(11-34)45-27/h4-9,15,17-23,25,27-28,34-38,41-43H,10-13H2,1-3H3/t15?,17-,18?,19?,20-,21+,22-,23?,25?,27-,28?,29?,30?,31?,32?,33?/m1/s1. The predicted octanol–water partition coefficient (Wildman–Crippen LogP) is -2.20. The van der Waals surface area contributed by atoms with E-state index in [1.807, 2.05) is 0 Å². The van der Waals surface area contributed by atoms with Gasteiger partial charge in [-0.2, -0.15) is 0 Å². The number of carbonyl (C=O) groups is 2. The summed E-state index contributed by atoms with van der Waals surface area (Å²) in [5.74, 6) is -5.29. The van der Waals surface area contributed by atoms with E-state index in [9.17, 15) is 50.4 Å².